The van der Waals surface area contributed by atoms with E-state index in [2.05, 4.69) is 0 Å². The van der Waals surface area contributed by atoms with Gasteiger partial charge in [-0.25, -0.2) is 8.42 Å². The molecule has 0 unspecified atom stereocenters. The Morgan fingerprint density at radius 1 is 0.833 bits per heavy atom. The van der Waals surface area contributed by atoms with Gasteiger partial charge in [-0.2, -0.15) is 0 Å². The van der Waals surface area contributed by atoms with E-state index in [1.807, 2.05) is 44.2 Å². The fraction of sp³-hybridized carbons (Fsp3) is 0.280. The van der Waals surface area contributed by atoms with Crippen molar-refractivity contribution in [3.05, 3.63) is 83.4 Å². The van der Waals surface area contributed by atoms with E-state index in [0.29, 0.717) is 36.3 Å². The molecule has 0 radical (unpaired) electrons. The molecule has 3 rings (SSSR count). The first kappa shape index (κ1) is 21.9. The molecule has 3 aromatic carbocycles. The first-order chi connectivity index (χ1) is 14.5. The molecule has 158 valence electrons. The van der Waals surface area contributed by atoms with Gasteiger partial charge in [-0.1, -0.05) is 57.0 Å². The van der Waals surface area contributed by atoms with Crippen LogP contribution in [-0.4, -0.2) is 13.5 Å². The molecule has 0 aromatic heterocycles. The molecule has 0 bridgehead atoms. The quantitative estimate of drug-likeness (QED) is 0.478. The largest absolute Gasteiger partial charge is 0.508 e. The minimum absolute atomic E-state index is 0.170. The molecule has 0 atom stereocenters. The van der Waals surface area contributed by atoms with Crippen LogP contribution in [0.4, 0.5) is 0 Å². The number of sulfone groups is 1. The third-order valence-electron chi connectivity index (χ3n) is 4.97. The fourth-order valence-corrected chi connectivity index (χ4v) is 4.97. The highest BCUT2D eigenvalue weighted by molar-refractivity contribution is 7.91. The summed E-state index contributed by atoms with van der Waals surface area (Å²) >= 11 is 0. The molecule has 0 aliphatic rings. The van der Waals surface area contributed by atoms with Crippen molar-refractivity contribution >= 4 is 9.84 Å². The molecule has 0 saturated heterocycles. The predicted octanol–water partition coefficient (Wildman–Crippen LogP) is 5.71. The maximum absolute atomic E-state index is 13.4. The van der Waals surface area contributed by atoms with Crippen LogP contribution in [0.3, 0.4) is 0 Å². The van der Waals surface area contributed by atoms with E-state index in [-0.39, 0.29) is 15.5 Å². The molecule has 0 amide bonds. The Labute approximate surface area is 179 Å². The van der Waals surface area contributed by atoms with Crippen molar-refractivity contribution in [3.63, 3.8) is 0 Å². The highest BCUT2D eigenvalue weighted by Crippen LogP contribution is 2.32. The zero-order chi connectivity index (χ0) is 21.6. The lowest BCUT2D eigenvalue weighted by molar-refractivity contribution is 0.306. The van der Waals surface area contributed by atoms with E-state index in [1.54, 1.807) is 36.4 Å². The van der Waals surface area contributed by atoms with Gasteiger partial charge in [0, 0.05) is 0 Å². The second kappa shape index (κ2) is 9.81. The van der Waals surface area contributed by atoms with E-state index in [0.717, 1.165) is 18.4 Å². The number of hydrogen-bond acceptors (Lipinski definition) is 4. The van der Waals surface area contributed by atoms with Gasteiger partial charge in [0.05, 0.1) is 9.79 Å². The third-order valence-corrected chi connectivity index (χ3v) is 6.82. The summed E-state index contributed by atoms with van der Waals surface area (Å²) in [7, 11) is -3.70. The Bertz CT molecular complexity index is 1070. The smallest absolute Gasteiger partial charge is 0.206 e. The van der Waals surface area contributed by atoms with Gasteiger partial charge in [-0.3, -0.25) is 0 Å². The molecule has 4 nitrogen and oxygen atoms in total. The average Bonchev–Trinajstić information content (AvgIpc) is 2.75. The van der Waals surface area contributed by atoms with Crippen LogP contribution < -0.4 is 4.74 Å². The van der Waals surface area contributed by atoms with Gasteiger partial charge < -0.3 is 9.84 Å². The first-order valence-corrected chi connectivity index (χ1v) is 11.8. The lowest BCUT2D eigenvalue weighted by Crippen LogP contribution is -2.07. The Balaban J connectivity index is 1.88. The van der Waals surface area contributed by atoms with Gasteiger partial charge in [-0.05, 0) is 65.9 Å². The normalized spacial score (nSPS) is 11.4. The Morgan fingerprint density at radius 3 is 2.10 bits per heavy atom. The number of ether oxygens (including phenoxy) is 1. The van der Waals surface area contributed by atoms with Crippen LogP contribution in [-0.2, 0) is 29.3 Å². The second-order valence-electron chi connectivity index (χ2n) is 7.34. The van der Waals surface area contributed by atoms with Crippen molar-refractivity contribution in [2.75, 3.05) is 0 Å². The van der Waals surface area contributed by atoms with E-state index in [4.69, 9.17) is 4.74 Å². The summed E-state index contributed by atoms with van der Waals surface area (Å²) in [5, 5.41) is 10.3. The fourth-order valence-electron chi connectivity index (χ4n) is 3.42. The van der Waals surface area contributed by atoms with Crippen molar-refractivity contribution in [1.82, 2.24) is 0 Å². The molecule has 30 heavy (non-hydrogen) atoms. The number of rotatable bonds is 9. The zero-order valence-electron chi connectivity index (χ0n) is 17.5. The Kier molecular flexibility index (Phi) is 7.16. The summed E-state index contributed by atoms with van der Waals surface area (Å²) in [5.74, 6) is 0.785. The van der Waals surface area contributed by atoms with Crippen molar-refractivity contribution in [3.8, 4) is 11.5 Å². The van der Waals surface area contributed by atoms with Gasteiger partial charge in [0.1, 0.15) is 18.1 Å². The highest BCUT2D eigenvalue weighted by atomic mass is 32.2. The van der Waals surface area contributed by atoms with Crippen LogP contribution in [0.1, 0.15) is 43.4 Å². The van der Waals surface area contributed by atoms with Crippen molar-refractivity contribution in [2.45, 2.75) is 55.9 Å². The molecule has 5 heteroatoms. The number of phenolic OH excluding ortho intramolecular Hbond substituents is 1. The van der Waals surface area contributed by atoms with Gasteiger partial charge in [0.25, 0.3) is 0 Å². The van der Waals surface area contributed by atoms with Gasteiger partial charge in [0.2, 0.25) is 9.84 Å². The Morgan fingerprint density at radius 2 is 1.47 bits per heavy atom. The van der Waals surface area contributed by atoms with Crippen LogP contribution in [0, 0.1) is 0 Å². The molecule has 0 spiro atoms. The van der Waals surface area contributed by atoms with Crippen LogP contribution in [0.5, 0.6) is 11.5 Å². The van der Waals surface area contributed by atoms with Crippen molar-refractivity contribution in [1.29, 1.82) is 0 Å². The van der Waals surface area contributed by atoms with E-state index in [1.165, 1.54) is 0 Å². The van der Waals surface area contributed by atoms with Crippen LogP contribution >= 0.6 is 0 Å². The number of aryl methyl sites for hydroxylation is 2. The molecule has 1 N–H and O–H groups in total. The number of aromatic hydroxyl groups is 1. The van der Waals surface area contributed by atoms with Crippen LogP contribution in [0.2, 0.25) is 0 Å². The summed E-state index contributed by atoms with van der Waals surface area (Å²) in [4.78, 5) is 0.503. The predicted molar refractivity (Wildman–Crippen MR) is 119 cm³/mol. The molecular weight excluding hydrogens is 396 g/mol. The maximum atomic E-state index is 13.4. The number of phenols is 1. The summed E-state index contributed by atoms with van der Waals surface area (Å²) in [6.45, 7) is 4.42. The number of benzene rings is 3. The molecule has 0 aliphatic carbocycles. The maximum Gasteiger partial charge on any atom is 0.206 e. The third kappa shape index (κ3) is 5.03. The summed E-state index contributed by atoms with van der Waals surface area (Å²) in [6.07, 6.45) is 2.84. The highest BCUT2D eigenvalue weighted by Gasteiger charge is 2.23. The van der Waals surface area contributed by atoms with E-state index in [9.17, 15) is 13.5 Å². The van der Waals surface area contributed by atoms with Crippen molar-refractivity contribution in [2.24, 2.45) is 0 Å². The molecule has 0 aliphatic heterocycles. The standard InChI is InChI=1S/C25H28O4S/c1-3-8-20-17-25(21(9-4-2)16-24(20)26)30(27,28)23-14-12-22(13-15-23)29-18-19-10-6-5-7-11-19/h5-7,10-17,26H,3-4,8-9,18H2,1-2H3. The lowest BCUT2D eigenvalue weighted by atomic mass is 10.0. The average molecular weight is 425 g/mol. The summed E-state index contributed by atoms with van der Waals surface area (Å²) < 4.78 is 32.5. The molecular formula is C25H28O4S. The van der Waals surface area contributed by atoms with Gasteiger partial charge in [-0.15, -0.1) is 0 Å². The molecule has 0 saturated carbocycles. The van der Waals surface area contributed by atoms with E-state index < -0.39 is 9.84 Å². The second-order valence-corrected chi connectivity index (χ2v) is 9.26. The lowest BCUT2D eigenvalue weighted by Gasteiger charge is -2.14. The summed E-state index contributed by atoms with van der Waals surface area (Å²) in [6, 6.07) is 19.6. The molecule has 0 heterocycles. The summed E-state index contributed by atoms with van der Waals surface area (Å²) in [5.41, 5.74) is 2.36. The van der Waals surface area contributed by atoms with Gasteiger partial charge >= 0.3 is 0 Å². The van der Waals surface area contributed by atoms with Gasteiger partial charge in [0.15, 0.2) is 0 Å². The first-order valence-electron chi connectivity index (χ1n) is 10.3. The molecule has 0 fully saturated rings. The van der Waals surface area contributed by atoms with E-state index >= 15 is 0 Å². The van der Waals surface area contributed by atoms with Crippen molar-refractivity contribution < 1.29 is 18.3 Å². The zero-order valence-corrected chi connectivity index (χ0v) is 18.3. The van der Waals surface area contributed by atoms with Crippen LogP contribution in [0.25, 0.3) is 0 Å². The topological polar surface area (TPSA) is 63.6 Å². The Hall–Kier alpha value is -2.79. The van der Waals surface area contributed by atoms with Crippen LogP contribution in [0.15, 0.2) is 76.5 Å². The minimum atomic E-state index is -3.70. The number of hydrogen-bond donors (Lipinski definition) is 1. The minimum Gasteiger partial charge on any atom is -0.508 e. The monoisotopic (exact) mass is 424 g/mol. The SMILES string of the molecule is CCCc1cc(S(=O)(=O)c2ccc(OCc3ccccc3)cc2)c(CCC)cc1O. The molecule has 3 aromatic rings.